The zero-order valence-electron chi connectivity index (χ0n) is 11.6. The maximum Gasteiger partial charge on any atom is 0.286 e. The molecule has 2 heterocycles. The minimum Gasteiger partial charge on any atom is -0.356 e. The van der Waals surface area contributed by atoms with Crippen molar-refractivity contribution in [3.05, 3.63) is 22.4 Å². The largest absolute Gasteiger partial charge is 0.356 e. The summed E-state index contributed by atoms with van der Waals surface area (Å²) in [6, 6.07) is 1.62. The van der Waals surface area contributed by atoms with Crippen molar-refractivity contribution < 1.29 is 14.4 Å². The van der Waals surface area contributed by atoms with Crippen LogP contribution in [0.3, 0.4) is 0 Å². The van der Waals surface area contributed by atoms with Crippen LogP contribution in [-0.2, 0) is 9.59 Å². The molecule has 0 aliphatic carbocycles. The van der Waals surface area contributed by atoms with Gasteiger partial charge in [-0.3, -0.25) is 25.2 Å². The maximum atomic E-state index is 12.0. The lowest BCUT2D eigenvalue weighted by atomic mass is 9.96. The average molecular weight is 357 g/mol. The van der Waals surface area contributed by atoms with E-state index in [-0.39, 0.29) is 17.7 Å². The number of carbonyl (C=O) groups is 3. The number of likely N-dealkylation sites (tertiary alicyclic amines) is 1. The van der Waals surface area contributed by atoms with Crippen LogP contribution in [0.5, 0.6) is 0 Å². The van der Waals surface area contributed by atoms with Crippen LogP contribution in [0.2, 0.25) is 0 Å². The van der Waals surface area contributed by atoms with Crippen LogP contribution in [0.15, 0.2) is 16.7 Å². The first-order valence-corrected chi connectivity index (χ1v) is 7.46. The molecule has 2 rings (SSSR count). The van der Waals surface area contributed by atoms with Crippen molar-refractivity contribution >= 4 is 33.7 Å². The van der Waals surface area contributed by atoms with Gasteiger partial charge in [0.25, 0.3) is 5.91 Å². The van der Waals surface area contributed by atoms with Crippen molar-refractivity contribution in [2.75, 3.05) is 13.1 Å². The summed E-state index contributed by atoms with van der Waals surface area (Å²) in [7, 11) is 0. The van der Waals surface area contributed by atoms with Crippen LogP contribution < -0.4 is 10.9 Å². The molecule has 0 spiro atoms. The van der Waals surface area contributed by atoms with Gasteiger partial charge in [0.05, 0.1) is 0 Å². The standard InChI is InChI=1S/C13H17BrN4O3/c1-8(19)18-4-2-9(3-5-18)12(20)16-17-13(21)11-6-10(14)7-15-11/h6-7,9,15H,2-5H2,1H3,(H,16,20)(H,17,21). The number of hydrogen-bond donors (Lipinski definition) is 3. The summed E-state index contributed by atoms with van der Waals surface area (Å²) in [5.41, 5.74) is 5.15. The lowest BCUT2D eigenvalue weighted by molar-refractivity contribution is -0.134. The quantitative estimate of drug-likeness (QED) is 0.684. The number of nitrogens with one attached hydrogen (secondary N) is 3. The Kier molecular flexibility index (Phi) is 5.00. The first-order chi connectivity index (χ1) is 9.97. The predicted molar refractivity (Wildman–Crippen MR) is 79.1 cm³/mol. The van der Waals surface area contributed by atoms with Crippen LogP contribution in [0.1, 0.15) is 30.3 Å². The van der Waals surface area contributed by atoms with Crippen LogP contribution in [-0.4, -0.2) is 40.7 Å². The van der Waals surface area contributed by atoms with E-state index in [1.165, 1.54) is 6.92 Å². The van der Waals surface area contributed by atoms with Gasteiger partial charge in [-0.15, -0.1) is 0 Å². The molecular formula is C13H17BrN4O3. The summed E-state index contributed by atoms with van der Waals surface area (Å²) >= 11 is 3.23. The fourth-order valence-electron chi connectivity index (χ4n) is 2.24. The normalized spacial score (nSPS) is 15.6. The molecule has 21 heavy (non-hydrogen) atoms. The molecule has 3 N–H and O–H groups in total. The highest BCUT2D eigenvalue weighted by molar-refractivity contribution is 9.10. The van der Waals surface area contributed by atoms with Crippen molar-refractivity contribution in [3.8, 4) is 0 Å². The summed E-state index contributed by atoms with van der Waals surface area (Å²) < 4.78 is 0.760. The monoisotopic (exact) mass is 356 g/mol. The van der Waals surface area contributed by atoms with E-state index in [1.54, 1.807) is 17.2 Å². The number of H-pyrrole nitrogens is 1. The van der Waals surface area contributed by atoms with Gasteiger partial charge in [0, 0.05) is 36.6 Å². The Labute approximate surface area is 130 Å². The summed E-state index contributed by atoms with van der Waals surface area (Å²) in [6.45, 7) is 2.67. The van der Waals surface area contributed by atoms with Crippen LogP contribution in [0.25, 0.3) is 0 Å². The SMILES string of the molecule is CC(=O)N1CCC(C(=O)NNC(=O)c2cc(Br)c[nH]2)CC1. The van der Waals surface area contributed by atoms with Crippen molar-refractivity contribution in [2.45, 2.75) is 19.8 Å². The average Bonchev–Trinajstić information content (AvgIpc) is 2.91. The molecule has 0 atom stereocenters. The van der Waals surface area contributed by atoms with Crippen molar-refractivity contribution in [1.29, 1.82) is 0 Å². The topological polar surface area (TPSA) is 94.3 Å². The van der Waals surface area contributed by atoms with Crippen molar-refractivity contribution in [2.24, 2.45) is 5.92 Å². The van der Waals surface area contributed by atoms with Gasteiger partial charge in [-0.1, -0.05) is 0 Å². The maximum absolute atomic E-state index is 12.0. The van der Waals surface area contributed by atoms with Gasteiger partial charge in [0.1, 0.15) is 5.69 Å². The third kappa shape index (κ3) is 4.07. The number of hydrazine groups is 1. The van der Waals surface area contributed by atoms with Crippen molar-refractivity contribution in [3.63, 3.8) is 0 Å². The molecule has 1 aromatic rings. The Bertz CT molecular complexity index is 549. The smallest absolute Gasteiger partial charge is 0.286 e. The Morgan fingerprint density at radius 1 is 1.29 bits per heavy atom. The van der Waals surface area contributed by atoms with Gasteiger partial charge in [-0.25, -0.2) is 0 Å². The molecule has 3 amide bonds. The lowest BCUT2D eigenvalue weighted by Crippen LogP contribution is -2.48. The fraction of sp³-hybridized carbons (Fsp3) is 0.462. The summed E-state index contributed by atoms with van der Waals surface area (Å²) in [5, 5.41) is 0. The van der Waals surface area contributed by atoms with Gasteiger partial charge < -0.3 is 9.88 Å². The first kappa shape index (κ1) is 15.6. The molecule has 0 bridgehead atoms. The number of aromatic nitrogens is 1. The second-order valence-corrected chi connectivity index (χ2v) is 5.87. The Morgan fingerprint density at radius 3 is 2.48 bits per heavy atom. The second kappa shape index (κ2) is 6.75. The molecular weight excluding hydrogens is 340 g/mol. The number of nitrogens with zero attached hydrogens (tertiary/aromatic N) is 1. The molecule has 0 unspecified atom stereocenters. The highest BCUT2D eigenvalue weighted by Gasteiger charge is 2.26. The Balaban J connectivity index is 1.78. The van der Waals surface area contributed by atoms with E-state index in [0.29, 0.717) is 31.6 Å². The van der Waals surface area contributed by atoms with E-state index in [9.17, 15) is 14.4 Å². The minimum atomic E-state index is -0.407. The molecule has 1 aromatic heterocycles. The second-order valence-electron chi connectivity index (χ2n) is 4.96. The highest BCUT2D eigenvalue weighted by Crippen LogP contribution is 2.17. The highest BCUT2D eigenvalue weighted by atomic mass is 79.9. The zero-order valence-corrected chi connectivity index (χ0v) is 13.2. The van der Waals surface area contributed by atoms with Gasteiger partial charge in [0.15, 0.2) is 0 Å². The number of carbonyl (C=O) groups excluding carboxylic acids is 3. The third-order valence-electron chi connectivity index (χ3n) is 3.50. The van der Waals surface area contributed by atoms with E-state index < -0.39 is 5.91 Å². The van der Waals surface area contributed by atoms with E-state index >= 15 is 0 Å². The fourth-order valence-corrected chi connectivity index (χ4v) is 2.59. The molecule has 114 valence electrons. The molecule has 0 aromatic carbocycles. The molecule has 0 saturated carbocycles. The Morgan fingerprint density at radius 2 is 1.95 bits per heavy atom. The predicted octanol–water partition coefficient (Wildman–Crippen LogP) is 0.797. The van der Waals surface area contributed by atoms with E-state index in [4.69, 9.17) is 0 Å². The molecule has 1 fully saturated rings. The molecule has 1 aliphatic rings. The number of hydrogen-bond acceptors (Lipinski definition) is 3. The number of rotatable bonds is 2. The minimum absolute atomic E-state index is 0.0273. The van der Waals surface area contributed by atoms with Crippen LogP contribution in [0, 0.1) is 5.92 Å². The molecule has 8 heteroatoms. The molecule has 1 aliphatic heterocycles. The number of aromatic amines is 1. The first-order valence-electron chi connectivity index (χ1n) is 6.67. The van der Waals surface area contributed by atoms with E-state index in [1.807, 2.05) is 0 Å². The van der Waals surface area contributed by atoms with Crippen LogP contribution >= 0.6 is 15.9 Å². The summed E-state index contributed by atoms with van der Waals surface area (Å²) in [6.07, 6.45) is 2.85. The number of piperidine rings is 1. The number of halogens is 1. The molecule has 1 saturated heterocycles. The number of amides is 3. The lowest BCUT2D eigenvalue weighted by Gasteiger charge is -2.30. The molecule has 7 nitrogen and oxygen atoms in total. The van der Waals surface area contributed by atoms with Gasteiger partial charge in [-0.05, 0) is 34.8 Å². The van der Waals surface area contributed by atoms with Gasteiger partial charge >= 0.3 is 0 Å². The Hall–Kier alpha value is -1.83. The van der Waals surface area contributed by atoms with Crippen LogP contribution in [0.4, 0.5) is 0 Å². The van der Waals surface area contributed by atoms with E-state index in [0.717, 1.165) is 4.47 Å². The third-order valence-corrected chi connectivity index (χ3v) is 3.96. The van der Waals surface area contributed by atoms with Gasteiger partial charge in [0.2, 0.25) is 11.8 Å². The summed E-state index contributed by atoms with van der Waals surface area (Å²) in [4.78, 5) is 39.4. The van der Waals surface area contributed by atoms with Crippen molar-refractivity contribution in [1.82, 2.24) is 20.7 Å². The van der Waals surface area contributed by atoms with Gasteiger partial charge in [-0.2, -0.15) is 0 Å². The zero-order chi connectivity index (χ0) is 15.4. The van der Waals surface area contributed by atoms with E-state index in [2.05, 4.69) is 31.8 Å². The molecule has 0 radical (unpaired) electrons. The summed E-state index contributed by atoms with van der Waals surface area (Å²) in [5.74, 6) is -0.789.